The van der Waals surface area contributed by atoms with Gasteiger partial charge in [-0.25, -0.2) is 0 Å². The van der Waals surface area contributed by atoms with Crippen molar-refractivity contribution in [3.8, 4) is 11.5 Å². The van der Waals surface area contributed by atoms with Crippen molar-refractivity contribution in [2.75, 3.05) is 7.11 Å². The van der Waals surface area contributed by atoms with E-state index in [0.717, 1.165) is 11.1 Å². The molecule has 1 N–H and O–H groups in total. The number of rotatable bonds is 6. The molecule has 0 amide bonds. The minimum atomic E-state index is 0.432. The third kappa shape index (κ3) is 3.88. The van der Waals surface area contributed by atoms with Gasteiger partial charge >= 0.3 is 0 Å². The molecule has 122 valence electrons. The summed E-state index contributed by atoms with van der Waals surface area (Å²) in [5.41, 5.74) is 1.96. The largest absolute Gasteiger partial charge is 0.493 e. The van der Waals surface area contributed by atoms with Crippen molar-refractivity contribution in [3.63, 3.8) is 0 Å². The second-order valence-electron chi connectivity index (χ2n) is 4.94. The number of hydrogen-bond donors (Lipinski definition) is 1. The first-order valence-corrected chi connectivity index (χ1v) is 7.68. The van der Waals surface area contributed by atoms with Gasteiger partial charge in [0.1, 0.15) is 12.9 Å². The zero-order chi connectivity index (χ0) is 16.8. The Balaban J connectivity index is 1.74. The average molecular weight is 340 g/mol. The van der Waals surface area contributed by atoms with Crippen LogP contribution in [0.5, 0.6) is 11.5 Å². The molecule has 0 saturated carbocycles. The summed E-state index contributed by atoms with van der Waals surface area (Å²) in [7, 11) is 1.61. The van der Waals surface area contributed by atoms with Crippen molar-refractivity contribution in [2.45, 2.75) is 6.61 Å². The zero-order valence-corrected chi connectivity index (χ0v) is 13.9. The van der Waals surface area contributed by atoms with Crippen LogP contribution < -0.4 is 9.47 Å². The van der Waals surface area contributed by atoms with Crippen molar-refractivity contribution < 1.29 is 9.47 Å². The van der Waals surface area contributed by atoms with E-state index in [4.69, 9.17) is 21.7 Å². The van der Waals surface area contributed by atoms with Crippen molar-refractivity contribution in [1.29, 1.82) is 0 Å². The number of H-pyrrole nitrogens is 1. The second-order valence-corrected chi connectivity index (χ2v) is 5.32. The molecule has 3 aromatic rings. The Morgan fingerprint density at radius 2 is 2.04 bits per heavy atom. The topological polar surface area (TPSA) is 64.4 Å². The maximum atomic E-state index is 5.83. The third-order valence-electron chi connectivity index (χ3n) is 3.29. The first-order chi connectivity index (χ1) is 11.8. The van der Waals surface area contributed by atoms with Crippen molar-refractivity contribution in [3.05, 3.63) is 70.8 Å². The summed E-state index contributed by atoms with van der Waals surface area (Å²) in [6, 6.07) is 15.6. The fourth-order valence-corrected chi connectivity index (χ4v) is 2.22. The number of nitrogens with zero attached hydrogens (tertiary/aromatic N) is 3. The standard InChI is InChI=1S/C17H16N4O2S/c1-22-16-9-14(10-19-21-12-18-20-17(21)24)7-8-15(16)23-11-13-5-3-2-4-6-13/h2-10,12H,11H2,1H3,(H,20,24). The van der Waals surface area contributed by atoms with Gasteiger partial charge in [0.25, 0.3) is 0 Å². The molecule has 0 radical (unpaired) electrons. The number of nitrogens with one attached hydrogen (secondary N) is 1. The van der Waals surface area contributed by atoms with E-state index in [1.54, 1.807) is 13.3 Å². The summed E-state index contributed by atoms with van der Waals surface area (Å²) in [4.78, 5) is 0. The first kappa shape index (κ1) is 15.9. The summed E-state index contributed by atoms with van der Waals surface area (Å²) in [6.07, 6.45) is 3.18. The summed E-state index contributed by atoms with van der Waals surface area (Å²) in [6.45, 7) is 0.481. The molecule has 0 unspecified atom stereocenters. The van der Waals surface area contributed by atoms with Gasteiger partial charge in [-0.2, -0.15) is 14.9 Å². The molecule has 7 heteroatoms. The predicted molar refractivity (Wildman–Crippen MR) is 94.2 cm³/mol. The molecule has 0 fully saturated rings. The molecule has 0 aliphatic carbocycles. The minimum Gasteiger partial charge on any atom is -0.493 e. The van der Waals surface area contributed by atoms with Crippen LogP contribution in [-0.4, -0.2) is 28.2 Å². The fourth-order valence-electron chi connectivity index (χ4n) is 2.07. The molecule has 24 heavy (non-hydrogen) atoms. The highest BCUT2D eigenvalue weighted by molar-refractivity contribution is 7.71. The van der Waals surface area contributed by atoms with Crippen LogP contribution in [0.1, 0.15) is 11.1 Å². The van der Waals surface area contributed by atoms with E-state index >= 15 is 0 Å². The molecule has 3 rings (SSSR count). The Bertz CT molecular complexity index is 887. The van der Waals surface area contributed by atoms with Crippen LogP contribution in [0.25, 0.3) is 0 Å². The number of methoxy groups -OCH3 is 1. The maximum Gasteiger partial charge on any atom is 0.216 e. The van der Waals surface area contributed by atoms with E-state index in [0.29, 0.717) is 22.9 Å². The molecule has 0 atom stereocenters. The average Bonchev–Trinajstić information content (AvgIpc) is 3.04. The quantitative estimate of drug-likeness (QED) is 0.552. The Morgan fingerprint density at radius 3 is 2.75 bits per heavy atom. The van der Waals surface area contributed by atoms with Crippen LogP contribution in [0.3, 0.4) is 0 Å². The van der Waals surface area contributed by atoms with E-state index < -0.39 is 0 Å². The van der Waals surface area contributed by atoms with Crippen LogP contribution in [-0.2, 0) is 6.61 Å². The lowest BCUT2D eigenvalue weighted by atomic mass is 10.2. The smallest absolute Gasteiger partial charge is 0.216 e. The Kier molecular flexibility index (Phi) is 5.02. The van der Waals surface area contributed by atoms with Crippen molar-refractivity contribution in [1.82, 2.24) is 14.9 Å². The van der Waals surface area contributed by atoms with E-state index in [1.165, 1.54) is 11.0 Å². The Labute approximate surface area is 144 Å². The highest BCUT2D eigenvalue weighted by atomic mass is 32.1. The van der Waals surface area contributed by atoms with Gasteiger partial charge in [0.05, 0.1) is 13.3 Å². The monoisotopic (exact) mass is 340 g/mol. The third-order valence-corrected chi connectivity index (χ3v) is 3.57. The number of ether oxygens (including phenoxy) is 2. The van der Waals surface area contributed by atoms with Crippen LogP contribution in [0.2, 0.25) is 0 Å². The van der Waals surface area contributed by atoms with Gasteiger partial charge in [0.2, 0.25) is 4.77 Å². The van der Waals surface area contributed by atoms with E-state index in [-0.39, 0.29) is 0 Å². The lowest BCUT2D eigenvalue weighted by molar-refractivity contribution is 0.284. The Hall–Kier alpha value is -2.93. The molecule has 1 heterocycles. The molecular weight excluding hydrogens is 324 g/mol. The zero-order valence-electron chi connectivity index (χ0n) is 13.0. The molecule has 1 aromatic heterocycles. The van der Waals surface area contributed by atoms with Gasteiger partial charge in [-0.05, 0) is 41.5 Å². The maximum absolute atomic E-state index is 5.83. The lowest BCUT2D eigenvalue weighted by Crippen LogP contribution is -1.98. The normalized spacial score (nSPS) is 10.9. The van der Waals surface area contributed by atoms with E-state index in [1.807, 2.05) is 48.5 Å². The molecule has 0 bridgehead atoms. The lowest BCUT2D eigenvalue weighted by Gasteiger charge is -2.11. The molecule has 0 aliphatic heterocycles. The van der Waals surface area contributed by atoms with Gasteiger partial charge < -0.3 is 9.47 Å². The SMILES string of the molecule is COc1cc(C=Nn2cn[nH]c2=S)ccc1OCc1ccccc1. The molecular formula is C17H16N4O2S. The first-order valence-electron chi connectivity index (χ1n) is 7.27. The van der Waals surface area contributed by atoms with Gasteiger partial charge in [0, 0.05) is 0 Å². The highest BCUT2D eigenvalue weighted by Crippen LogP contribution is 2.28. The fraction of sp³-hybridized carbons (Fsp3) is 0.118. The number of benzene rings is 2. The second kappa shape index (κ2) is 7.56. The van der Waals surface area contributed by atoms with Crippen molar-refractivity contribution in [2.24, 2.45) is 5.10 Å². The Morgan fingerprint density at radius 1 is 1.21 bits per heavy atom. The van der Waals surface area contributed by atoms with Gasteiger partial charge in [-0.3, -0.25) is 5.10 Å². The molecule has 2 aromatic carbocycles. The van der Waals surface area contributed by atoms with E-state index in [9.17, 15) is 0 Å². The molecule has 0 aliphatic rings. The number of hydrogen-bond acceptors (Lipinski definition) is 5. The minimum absolute atomic E-state index is 0.432. The van der Waals surface area contributed by atoms with E-state index in [2.05, 4.69) is 15.3 Å². The van der Waals surface area contributed by atoms with Crippen molar-refractivity contribution >= 4 is 18.4 Å². The summed E-state index contributed by atoms with van der Waals surface area (Å²) in [5.74, 6) is 1.32. The van der Waals surface area contributed by atoms with Gasteiger partial charge in [-0.1, -0.05) is 30.3 Å². The summed E-state index contributed by atoms with van der Waals surface area (Å²) in [5, 5.41) is 10.7. The van der Waals surface area contributed by atoms with Crippen LogP contribution in [0.15, 0.2) is 60.0 Å². The summed E-state index contributed by atoms with van der Waals surface area (Å²) < 4.78 is 13.1. The van der Waals surface area contributed by atoms with Crippen LogP contribution in [0.4, 0.5) is 0 Å². The molecule has 0 saturated heterocycles. The predicted octanol–water partition coefficient (Wildman–Crippen LogP) is 3.41. The summed E-state index contributed by atoms with van der Waals surface area (Å²) >= 11 is 5.04. The number of aromatic nitrogens is 3. The van der Waals surface area contributed by atoms with Crippen LogP contribution >= 0.6 is 12.2 Å². The number of aromatic amines is 1. The van der Waals surface area contributed by atoms with Gasteiger partial charge in [0.15, 0.2) is 11.5 Å². The van der Waals surface area contributed by atoms with Gasteiger partial charge in [-0.15, -0.1) is 0 Å². The van der Waals surface area contributed by atoms with Crippen LogP contribution in [0, 0.1) is 4.77 Å². The molecule has 6 nitrogen and oxygen atoms in total. The highest BCUT2D eigenvalue weighted by Gasteiger charge is 2.05. The molecule has 0 spiro atoms.